The summed E-state index contributed by atoms with van der Waals surface area (Å²) in [7, 11) is 1.67. The lowest BCUT2D eigenvalue weighted by Gasteiger charge is -2.36. The average Bonchev–Trinajstić information content (AvgIpc) is 3.57. The van der Waals surface area contributed by atoms with Gasteiger partial charge < -0.3 is 18.8 Å². The van der Waals surface area contributed by atoms with Crippen molar-refractivity contribution >= 4 is 11.6 Å². The van der Waals surface area contributed by atoms with Crippen LogP contribution in [0, 0.1) is 6.57 Å². The minimum absolute atomic E-state index is 0.0873. The summed E-state index contributed by atoms with van der Waals surface area (Å²) < 4.78 is 9.76. The first-order valence-electron chi connectivity index (χ1n) is 13.0. The van der Waals surface area contributed by atoms with Gasteiger partial charge in [-0.1, -0.05) is 56.2 Å². The van der Waals surface area contributed by atoms with Gasteiger partial charge in [-0.05, 0) is 24.1 Å². The van der Waals surface area contributed by atoms with Gasteiger partial charge in [-0.2, -0.15) is 0 Å². The Bertz CT molecular complexity index is 1450. The van der Waals surface area contributed by atoms with Crippen LogP contribution >= 0.6 is 0 Å². The molecule has 5 rings (SSSR count). The summed E-state index contributed by atoms with van der Waals surface area (Å²) in [6.07, 6.45) is 9.01. The number of rotatable bonds is 9. The second-order valence-corrected chi connectivity index (χ2v) is 9.68. The Balaban J connectivity index is 1.35. The van der Waals surface area contributed by atoms with Crippen molar-refractivity contribution in [3.05, 3.63) is 95.8 Å². The molecule has 8 heteroatoms. The first-order valence-corrected chi connectivity index (χ1v) is 13.0. The Hall–Kier alpha value is -4.38. The fourth-order valence-corrected chi connectivity index (χ4v) is 5.08. The Morgan fingerprint density at radius 2 is 2.00 bits per heavy atom. The molecular formula is C30H32N6O2. The Morgan fingerprint density at radius 3 is 2.76 bits per heavy atom. The third-order valence-corrected chi connectivity index (χ3v) is 7.16. The van der Waals surface area contributed by atoms with Crippen molar-refractivity contribution < 1.29 is 9.53 Å². The molecule has 0 bridgehead atoms. The molecule has 38 heavy (non-hydrogen) atoms. The first-order chi connectivity index (χ1) is 18.6. The van der Waals surface area contributed by atoms with Crippen LogP contribution in [0.5, 0.6) is 5.75 Å². The Labute approximate surface area is 223 Å². The van der Waals surface area contributed by atoms with E-state index in [1.54, 1.807) is 19.6 Å². The van der Waals surface area contributed by atoms with E-state index in [2.05, 4.69) is 27.5 Å². The van der Waals surface area contributed by atoms with Gasteiger partial charge in [-0.3, -0.25) is 4.79 Å². The van der Waals surface area contributed by atoms with Crippen LogP contribution in [-0.4, -0.2) is 43.1 Å². The maximum absolute atomic E-state index is 13.7. The lowest BCUT2D eigenvalue weighted by Crippen LogP contribution is -2.47. The van der Waals surface area contributed by atoms with Crippen LogP contribution in [0.2, 0.25) is 0 Å². The summed E-state index contributed by atoms with van der Waals surface area (Å²) in [5, 5.41) is 0. The van der Waals surface area contributed by atoms with E-state index >= 15 is 0 Å². The fourth-order valence-electron chi connectivity index (χ4n) is 5.08. The summed E-state index contributed by atoms with van der Waals surface area (Å²) >= 11 is 0. The smallest absolute Gasteiger partial charge is 0.229 e. The van der Waals surface area contributed by atoms with Gasteiger partial charge in [0, 0.05) is 36.7 Å². The van der Waals surface area contributed by atoms with E-state index < -0.39 is 0 Å². The van der Waals surface area contributed by atoms with Crippen molar-refractivity contribution in [1.82, 2.24) is 24.0 Å². The molecule has 3 heterocycles. The van der Waals surface area contributed by atoms with Crippen LogP contribution in [-0.2, 0) is 30.8 Å². The van der Waals surface area contributed by atoms with Gasteiger partial charge in [0.25, 0.3) is 0 Å². The predicted octanol–water partition coefficient (Wildman–Crippen LogP) is 5.50. The van der Waals surface area contributed by atoms with Gasteiger partial charge in [-0.25, -0.2) is 14.8 Å². The molecule has 0 aliphatic carbocycles. The van der Waals surface area contributed by atoms with Crippen molar-refractivity contribution in [2.45, 2.75) is 58.3 Å². The van der Waals surface area contributed by atoms with E-state index in [1.165, 1.54) is 0 Å². The van der Waals surface area contributed by atoms with Crippen LogP contribution in [0.15, 0.2) is 67.3 Å². The molecule has 0 radical (unpaired) electrons. The zero-order valence-corrected chi connectivity index (χ0v) is 21.9. The molecule has 1 aliphatic rings. The van der Waals surface area contributed by atoms with Crippen LogP contribution < -0.4 is 4.74 Å². The standard InChI is InChI=1S/C30H32N6O2/c1-4-5-8-24-18-34-19-27(26-9-6-7-10-28(26)38-3)33-29(34)20-36(24)30(37)15-25-16-32-21-35(25)17-22-11-13-23(31-2)14-12-22/h6-7,9-14,16,19,21,24H,4-5,8,15,17-18,20H2,1,3H3. The van der Waals surface area contributed by atoms with Crippen molar-refractivity contribution in [2.75, 3.05) is 7.11 Å². The van der Waals surface area contributed by atoms with Crippen LogP contribution in [0.1, 0.15) is 43.3 Å². The molecule has 0 N–H and O–H groups in total. The lowest BCUT2D eigenvalue weighted by molar-refractivity contribution is -0.135. The van der Waals surface area contributed by atoms with Gasteiger partial charge in [-0.15, -0.1) is 0 Å². The number of imidazole rings is 2. The Morgan fingerprint density at radius 1 is 1.18 bits per heavy atom. The average molecular weight is 509 g/mol. The number of amides is 1. The molecule has 1 unspecified atom stereocenters. The summed E-state index contributed by atoms with van der Waals surface area (Å²) in [6, 6.07) is 15.5. The normalized spacial score (nSPS) is 14.7. The minimum atomic E-state index is 0.0873. The minimum Gasteiger partial charge on any atom is -0.496 e. The van der Waals surface area contributed by atoms with E-state index in [0.717, 1.165) is 59.9 Å². The van der Waals surface area contributed by atoms with Gasteiger partial charge in [0.2, 0.25) is 5.91 Å². The molecule has 1 atom stereocenters. The maximum atomic E-state index is 13.7. The van der Waals surface area contributed by atoms with Crippen molar-refractivity contribution in [3.63, 3.8) is 0 Å². The molecule has 0 fully saturated rings. The van der Waals surface area contributed by atoms with Crippen LogP contribution in [0.4, 0.5) is 5.69 Å². The number of benzene rings is 2. The summed E-state index contributed by atoms with van der Waals surface area (Å²) in [5.41, 5.74) is 4.37. The number of fused-ring (bicyclic) bond motifs is 1. The number of carbonyl (C=O) groups is 1. The van der Waals surface area contributed by atoms with Crippen molar-refractivity contribution in [1.29, 1.82) is 0 Å². The second kappa shape index (κ2) is 11.3. The van der Waals surface area contributed by atoms with E-state index in [0.29, 0.717) is 18.8 Å². The number of para-hydroxylation sites is 1. The van der Waals surface area contributed by atoms with E-state index in [1.807, 2.05) is 58.0 Å². The van der Waals surface area contributed by atoms with Gasteiger partial charge in [0.1, 0.15) is 11.6 Å². The summed E-state index contributed by atoms with van der Waals surface area (Å²) in [6.45, 7) is 11.1. The molecular weight excluding hydrogens is 476 g/mol. The maximum Gasteiger partial charge on any atom is 0.229 e. The van der Waals surface area contributed by atoms with E-state index in [4.69, 9.17) is 16.3 Å². The molecule has 2 aromatic heterocycles. The third kappa shape index (κ3) is 5.32. The van der Waals surface area contributed by atoms with Gasteiger partial charge in [0.05, 0.1) is 44.7 Å². The third-order valence-electron chi connectivity index (χ3n) is 7.16. The second-order valence-electron chi connectivity index (χ2n) is 9.68. The quantitative estimate of drug-likeness (QED) is 0.280. The highest BCUT2D eigenvalue weighted by atomic mass is 16.5. The first kappa shape index (κ1) is 25.3. The highest BCUT2D eigenvalue weighted by Gasteiger charge is 2.31. The summed E-state index contributed by atoms with van der Waals surface area (Å²) in [4.78, 5) is 28.4. The number of aromatic nitrogens is 4. The molecule has 1 amide bonds. The number of carbonyl (C=O) groups excluding carboxylic acids is 1. The predicted molar refractivity (Wildman–Crippen MR) is 146 cm³/mol. The number of hydrogen-bond acceptors (Lipinski definition) is 4. The molecule has 2 aromatic carbocycles. The topological polar surface area (TPSA) is 69.5 Å². The molecule has 0 saturated carbocycles. The van der Waals surface area contributed by atoms with Crippen LogP contribution in [0.25, 0.3) is 16.1 Å². The molecule has 8 nitrogen and oxygen atoms in total. The number of nitrogens with zero attached hydrogens (tertiary/aromatic N) is 6. The van der Waals surface area contributed by atoms with E-state index in [-0.39, 0.29) is 18.4 Å². The summed E-state index contributed by atoms with van der Waals surface area (Å²) in [5.74, 6) is 1.76. The van der Waals surface area contributed by atoms with Gasteiger partial charge in [0.15, 0.2) is 5.69 Å². The number of unbranched alkanes of at least 4 members (excludes halogenated alkanes) is 1. The molecule has 4 aromatic rings. The van der Waals surface area contributed by atoms with E-state index in [9.17, 15) is 4.79 Å². The highest BCUT2D eigenvalue weighted by molar-refractivity contribution is 5.79. The molecule has 0 saturated heterocycles. The largest absolute Gasteiger partial charge is 0.496 e. The Kier molecular flexibility index (Phi) is 7.55. The number of hydrogen-bond donors (Lipinski definition) is 0. The zero-order chi connectivity index (χ0) is 26.5. The monoisotopic (exact) mass is 508 g/mol. The SMILES string of the molecule is [C-]#[N+]c1ccc(Cn2cncc2CC(=O)N2Cc3nc(-c4ccccc4OC)cn3CC2CCCC)cc1. The molecule has 194 valence electrons. The number of methoxy groups -OCH3 is 1. The fraction of sp³-hybridized carbons (Fsp3) is 0.333. The van der Waals surface area contributed by atoms with Gasteiger partial charge >= 0.3 is 0 Å². The van der Waals surface area contributed by atoms with Crippen molar-refractivity contribution in [2.24, 2.45) is 0 Å². The number of ether oxygens (including phenoxy) is 1. The molecule has 0 spiro atoms. The molecule has 1 aliphatic heterocycles. The van der Waals surface area contributed by atoms with Crippen molar-refractivity contribution in [3.8, 4) is 17.0 Å². The highest BCUT2D eigenvalue weighted by Crippen LogP contribution is 2.31. The zero-order valence-electron chi connectivity index (χ0n) is 21.9. The lowest BCUT2D eigenvalue weighted by atomic mass is 10.1. The van der Waals surface area contributed by atoms with Crippen LogP contribution in [0.3, 0.4) is 0 Å².